The summed E-state index contributed by atoms with van der Waals surface area (Å²) in [6, 6.07) is 13.2. The minimum Gasteiger partial charge on any atom is -0.313 e. The van der Waals surface area contributed by atoms with Crippen LogP contribution >= 0.6 is 0 Å². The van der Waals surface area contributed by atoms with Crippen molar-refractivity contribution >= 4 is 23.7 Å². The number of likely N-dealkylation sites (tertiary alicyclic amines) is 1. The summed E-state index contributed by atoms with van der Waals surface area (Å²) in [6.07, 6.45) is 3.11. The van der Waals surface area contributed by atoms with Crippen molar-refractivity contribution in [2.75, 3.05) is 5.32 Å². The van der Waals surface area contributed by atoms with Gasteiger partial charge in [-0.05, 0) is 55.2 Å². The third-order valence-electron chi connectivity index (χ3n) is 5.93. The number of aromatic nitrogens is 2. The zero-order valence-corrected chi connectivity index (χ0v) is 18.5. The Kier molecular flexibility index (Phi) is 5.90. The van der Waals surface area contributed by atoms with Gasteiger partial charge in [-0.25, -0.2) is 4.98 Å². The Balaban J connectivity index is 1.50. The first kappa shape index (κ1) is 21.5. The number of amides is 3. The van der Waals surface area contributed by atoms with E-state index < -0.39 is 0 Å². The highest BCUT2D eigenvalue weighted by Gasteiger charge is 2.26. The number of benzene rings is 2. The molecule has 1 N–H and O–H groups in total. The Bertz CT molecular complexity index is 1200. The summed E-state index contributed by atoms with van der Waals surface area (Å²) >= 11 is 0. The molecule has 1 fully saturated rings. The lowest BCUT2D eigenvalue weighted by molar-refractivity contribution is -0.148. The van der Waals surface area contributed by atoms with Crippen molar-refractivity contribution < 1.29 is 14.4 Å². The molecule has 1 aliphatic rings. The average molecular weight is 431 g/mol. The number of nitrogens with one attached hydrogen (secondary N) is 1. The minimum absolute atomic E-state index is 0.164. The van der Waals surface area contributed by atoms with Gasteiger partial charge in [-0.3, -0.25) is 24.6 Å². The molecular weight excluding hydrogens is 404 g/mol. The molecule has 32 heavy (non-hydrogen) atoms. The Morgan fingerprint density at radius 3 is 2.50 bits per heavy atom. The van der Waals surface area contributed by atoms with Gasteiger partial charge in [0.25, 0.3) is 5.91 Å². The summed E-state index contributed by atoms with van der Waals surface area (Å²) in [4.78, 5) is 42.7. The van der Waals surface area contributed by atoms with Gasteiger partial charge in [0.05, 0.1) is 18.4 Å². The second kappa shape index (κ2) is 8.78. The number of hydrogen-bond donors (Lipinski definition) is 1. The van der Waals surface area contributed by atoms with Gasteiger partial charge in [-0.2, -0.15) is 0 Å². The topological polar surface area (TPSA) is 84.3 Å². The van der Waals surface area contributed by atoms with Crippen LogP contribution in [0, 0.1) is 13.8 Å². The summed E-state index contributed by atoms with van der Waals surface area (Å²) in [5, 5.41) is 2.86. The van der Waals surface area contributed by atoms with E-state index in [0.29, 0.717) is 30.8 Å². The second-order valence-electron chi connectivity index (χ2n) is 8.21. The zero-order valence-electron chi connectivity index (χ0n) is 18.5. The molecule has 1 saturated heterocycles. The number of rotatable bonds is 5. The maximum atomic E-state index is 12.9. The van der Waals surface area contributed by atoms with E-state index in [9.17, 15) is 14.4 Å². The summed E-state index contributed by atoms with van der Waals surface area (Å²) in [5.74, 6) is -0.190. The number of nitrogens with zero attached hydrogens (tertiary/aromatic N) is 3. The molecule has 164 valence electrons. The number of aryl methyl sites for hydroxylation is 2. The van der Waals surface area contributed by atoms with Crippen LogP contribution in [0.1, 0.15) is 46.3 Å². The van der Waals surface area contributed by atoms with E-state index in [-0.39, 0.29) is 24.3 Å². The monoisotopic (exact) mass is 430 g/mol. The molecular formula is C25H26N4O3. The van der Waals surface area contributed by atoms with Gasteiger partial charge in [0.1, 0.15) is 0 Å². The summed E-state index contributed by atoms with van der Waals surface area (Å²) in [6.45, 7) is 4.31. The van der Waals surface area contributed by atoms with Crippen molar-refractivity contribution in [3.05, 3.63) is 70.9 Å². The maximum Gasteiger partial charge on any atom is 0.257 e. The molecule has 0 spiro atoms. The van der Waals surface area contributed by atoms with E-state index in [4.69, 9.17) is 0 Å². The predicted octanol–water partition coefficient (Wildman–Crippen LogP) is 4.00. The van der Waals surface area contributed by atoms with Crippen molar-refractivity contribution in [2.45, 2.75) is 39.7 Å². The first-order valence-electron chi connectivity index (χ1n) is 10.7. The standard InChI is InChI=1S/C25H26N4O3/c1-16-10-11-19(12-17(16)2)21-14-26-25(28(21)3)27-24(32)20-7-4-6-18(13-20)15-29-22(30)8-5-9-23(29)31/h4,6-7,10-14H,5,8-9,15H2,1-3H3,(H,26,27,32). The molecule has 0 radical (unpaired) electrons. The number of hydrogen-bond acceptors (Lipinski definition) is 4. The molecule has 2 heterocycles. The molecule has 3 aromatic rings. The molecule has 1 aliphatic heterocycles. The van der Waals surface area contributed by atoms with Crippen LogP contribution < -0.4 is 5.32 Å². The summed E-state index contributed by atoms with van der Waals surface area (Å²) in [5.41, 5.74) is 5.52. The first-order valence-corrected chi connectivity index (χ1v) is 10.7. The van der Waals surface area contributed by atoms with E-state index in [1.807, 2.05) is 23.7 Å². The third-order valence-corrected chi connectivity index (χ3v) is 5.93. The second-order valence-corrected chi connectivity index (χ2v) is 8.21. The number of imide groups is 1. The van der Waals surface area contributed by atoms with Gasteiger partial charge >= 0.3 is 0 Å². The van der Waals surface area contributed by atoms with Gasteiger partial charge in [0.2, 0.25) is 17.8 Å². The van der Waals surface area contributed by atoms with Crippen LogP contribution in [-0.2, 0) is 23.2 Å². The van der Waals surface area contributed by atoms with E-state index in [2.05, 4.69) is 36.3 Å². The van der Waals surface area contributed by atoms with Crippen molar-refractivity contribution in [3.63, 3.8) is 0 Å². The van der Waals surface area contributed by atoms with E-state index in [1.54, 1.807) is 24.4 Å². The Hall–Kier alpha value is -3.74. The molecule has 1 aromatic heterocycles. The van der Waals surface area contributed by atoms with E-state index in [1.165, 1.54) is 16.0 Å². The lowest BCUT2D eigenvalue weighted by atomic mass is 10.0. The first-order chi connectivity index (χ1) is 15.3. The van der Waals surface area contributed by atoms with Crippen LogP contribution in [0.5, 0.6) is 0 Å². The van der Waals surface area contributed by atoms with Crippen LogP contribution in [0.15, 0.2) is 48.7 Å². The number of carbonyl (C=O) groups excluding carboxylic acids is 3. The van der Waals surface area contributed by atoms with Crippen LogP contribution in [0.2, 0.25) is 0 Å². The van der Waals surface area contributed by atoms with Gasteiger partial charge in [-0.1, -0.05) is 24.3 Å². The normalized spacial score (nSPS) is 14.0. The molecule has 4 rings (SSSR count). The smallest absolute Gasteiger partial charge is 0.257 e. The van der Waals surface area contributed by atoms with E-state index in [0.717, 1.165) is 16.8 Å². The van der Waals surface area contributed by atoms with Crippen molar-refractivity contribution in [1.82, 2.24) is 14.5 Å². The fraction of sp³-hybridized carbons (Fsp3) is 0.280. The lowest BCUT2D eigenvalue weighted by Gasteiger charge is -2.25. The van der Waals surface area contributed by atoms with Gasteiger partial charge in [0.15, 0.2) is 0 Å². The number of carbonyl (C=O) groups is 3. The fourth-order valence-electron chi connectivity index (χ4n) is 3.84. The SMILES string of the molecule is Cc1ccc(-c2cnc(NC(=O)c3cccc(CN4C(=O)CCCC4=O)c3)n2C)cc1C. The molecule has 0 saturated carbocycles. The van der Waals surface area contributed by atoms with Gasteiger partial charge in [0, 0.05) is 31.0 Å². The van der Waals surface area contributed by atoms with Crippen LogP contribution in [0.4, 0.5) is 5.95 Å². The van der Waals surface area contributed by atoms with Crippen LogP contribution in [0.25, 0.3) is 11.3 Å². The van der Waals surface area contributed by atoms with Crippen molar-refractivity contribution in [3.8, 4) is 11.3 Å². The molecule has 2 aromatic carbocycles. The Labute approximate surface area is 187 Å². The van der Waals surface area contributed by atoms with Crippen molar-refractivity contribution in [2.24, 2.45) is 7.05 Å². The molecule has 0 bridgehead atoms. The summed E-state index contributed by atoms with van der Waals surface area (Å²) in [7, 11) is 1.86. The Morgan fingerprint density at radius 2 is 1.78 bits per heavy atom. The number of piperidine rings is 1. The quantitative estimate of drug-likeness (QED) is 0.620. The number of anilines is 1. The lowest BCUT2D eigenvalue weighted by Crippen LogP contribution is -2.39. The minimum atomic E-state index is -0.302. The molecule has 0 atom stereocenters. The zero-order chi connectivity index (χ0) is 22.8. The van der Waals surface area contributed by atoms with Crippen molar-refractivity contribution in [1.29, 1.82) is 0 Å². The summed E-state index contributed by atoms with van der Waals surface area (Å²) < 4.78 is 1.84. The molecule has 7 heteroatoms. The largest absolute Gasteiger partial charge is 0.313 e. The van der Waals surface area contributed by atoms with Gasteiger partial charge < -0.3 is 4.57 Å². The molecule has 3 amide bonds. The molecule has 0 unspecified atom stereocenters. The van der Waals surface area contributed by atoms with Gasteiger partial charge in [-0.15, -0.1) is 0 Å². The fourth-order valence-corrected chi connectivity index (χ4v) is 3.84. The maximum absolute atomic E-state index is 12.9. The molecule has 7 nitrogen and oxygen atoms in total. The van der Waals surface area contributed by atoms with Crippen LogP contribution in [0.3, 0.4) is 0 Å². The highest BCUT2D eigenvalue weighted by Crippen LogP contribution is 2.24. The predicted molar refractivity (Wildman–Crippen MR) is 122 cm³/mol. The Morgan fingerprint density at radius 1 is 1.03 bits per heavy atom. The van der Waals surface area contributed by atoms with E-state index >= 15 is 0 Å². The highest BCUT2D eigenvalue weighted by molar-refractivity contribution is 6.03. The van der Waals surface area contributed by atoms with Crippen LogP contribution in [-0.4, -0.2) is 32.2 Å². The third kappa shape index (κ3) is 4.32. The number of imidazole rings is 1. The molecule has 0 aliphatic carbocycles. The average Bonchev–Trinajstić information content (AvgIpc) is 3.13. The highest BCUT2D eigenvalue weighted by atomic mass is 16.2.